The molecule has 3 rings (SSSR count). The molecule has 20 heavy (non-hydrogen) atoms. The van der Waals surface area contributed by atoms with Crippen molar-refractivity contribution in [3.05, 3.63) is 54.2 Å². The molecule has 2 heterocycles. The van der Waals surface area contributed by atoms with Crippen LogP contribution < -0.4 is 11.3 Å². The highest BCUT2D eigenvalue weighted by atomic mass is 15.3. The summed E-state index contributed by atoms with van der Waals surface area (Å²) < 4.78 is 1.75. The maximum atomic E-state index is 5.73. The molecule has 0 saturated heterocycles. The minimum absolute atomic E-state index is 0.0588. The highest BCUT2D eigenvalue weighted by molar-refractivity contribution is 5.82. The molecule has 102 valence electrons. The molecule has 0 aliphatic carbocycles. The van der Waals surface area contributed by atoms with Crippen LogP contribution in [0.3, 0.4) is 0 Å². The van der Waals surface area contributed by atoms with E-state index >= 15 is 0 Å². The number of nitrogens with zero attached hydrogens (tertiary/aromatic N) is 4. The van der Waals surface area contributed by atoms with Crippen molar-refractivity contribution < 1.29 is 0 Å². The summed E-state index contributed by atoms with van der Waals surface area (Å²) in [4.78, 5) is 8.71. The zero-order chi connectivity index (χ0) is 13.9. The molecule has 2 aromatic heterocycles. The quantitative estimate of drug-likeness (QED) is 0.547. The summed E-state index contributed by atoms with van der Waals surface area (Å²) in [6, 6.07) is 10.0. The molecule has 3 N–H and O–H groups in total. The molecule has 0 bridgehead atoms. The SMILES string of the molecule is Cn1ncnc1CC(NN)c1cccc2cccnc12. The number of para-hydroxylation sites is 1. The Kier molecular flexibility index (Phi) is 3.41. The second kappa shape index (κ2) is 5.36. The third kappa shape index (κ3) is 2.26. The van der Waals surface area contributed by atoms with Crippen molar-refractivity contribution in [2.24, 2.45) is 12.9 Å². The smallest absolute Gasteiger partial charge is 0.138 e. The first-order valence-corrected chi connectivity index (χ1v) is 6.42. The predicted molar refractivity (Wildman–Crippen MR) is 76.5 cm³/mol. The van der Waals surface area contributed by atoms with Crippen LogP contribution in [0.5, 0.6) is 0 Å². The highest BCUT2D eigenvalue weighted by Gasteiger charge is 2.16. The lowest BCUT2D eigenvalue weighted by Crippen LogP contribution is -2.30. The van der Waals surface area contributed by atoms with E-state index in [1.165, 1.54) is 0 Å². The molecule has 0 aliphatic heterocycles. The molecule has 3 aromatic rings. The van der Waals surface area contributed by atoms with Gasteiger partial charge < -0.3 is 0 Å². The Morgan fingerprint density at radius 2 is 2.10 bits per heavy atom. The zero-order valence-corrected chi connectivity index (χ0v) is 11.2. The Morgan fingerprint density at radius 3 is 2.85 bits per heavy atom. The first-order valence-electron chi connectivity index (χ1n) is 6.42. The minimum atomic E-state index is -0.0588. The summed E-state index contributed by atoms with van der Waals surface area (Å²) >= 11 is 0. The number of hydrazine groups is 1. The molecular weight excluding hydrogens is 252 g/mol. The number of hydrogen-bond acceptors (Lipinski definition) is 5. The van der Waals surface area contributed by atoms with Gasteiger partial charge in [-0.2, -0.15) is 5.10 Å². The fourth-order valence-corrected chi connectivity index (χ4v) is 2.36. The number of aryl methyl sites for hydroxylation is 1. The van der Waals surface area contributed by atoms with Crippen molar-refractivity contribution in [1.29, 1.82) is 0 Å². The maximum Gasteiger partial charge on any atom is 0.138 e. The Morgan fingerprint density at radius 1 is 1.25 bits per heavy atom. The average Bonchev–Trinajstić information content (AvgIpc) is 2.89. The van der Waals surface area contributed by atoms with E-state index in [4.69, 9.17) is 5.84 Å². The molecular formula is C14H16N6. The lowest BCUT2D eigenvalue weighted by atomic mass is 10.0. The Labute approximate surface area is 116 Å². The van der Waals surface area contributed by atoms with Gasteiger partial charge in [0.05, 0.1) is 11.6 Å². The number of nitrogens with two attached hydrogens (primary N) is 1. The second-order valence-electron chi connectivity index (χ2n) is 4.65. The molecule has 6 heteroatoms. The number of nitrogens with one attached hydrogen (secondary N) is 1. The molecule has 0 radical (unpaired) electrons. The van der Waals surface area contributed by atoms with Crippen molar-refractivity contribution in [2.45, 2.75) is 12.5 Å². The van der Waals surface area contributed by atoms with Crippen LogP contribution in [0.15, 0.2) is 42.9 Å². The number of aromatic nitrogens is 4. The molecule has 1 atom stereocenters. The van der Waals surface area contributed by atoms with Crippen LogP contribution in [0, 0.1) is 0 Å². The van der Waals surface area contributed by atoms with Gasteiger partial charge in [-0.1, -0.05) is 24.3 Å². The van der Waals surface area contributed by atoms with Crippen molar-refractivity contribution in [1.82, 2.24) is 25.2 Å². The van der Waals surface area contributed by atoms with E-state index in [0.717, 1.165) is 22.3 Å². The van der Waals surface area contributed by atoms with E-state index < -0.39 is 0 Å². The lowest BCUT2D eigenvalue weighted by molar-refractivity contribution is 0.525. The van der Waals surface area contributed by atoms with Gasteiger partial charge in [0.2, 0.25) is 0 Å². The Balaban J connectivity index is 2.01. The van der Waals surface area contributed by atoms with Gasteiger partial charge in [0.25, 0.3) is 0 Å². The van der Waals surface area contributed by atoms with E-state index in [1.54, 1.807) is 17.2 Å². The molecule has 0 saturated carbocycles. The monoisotopic (exact) mass is 268 g/mol. The van der Waals surface area contributed by atoms with Crippen LogP contribution >= 0.6 is 0 Å². The standard InChI is InChI=1S/C14H16N6/c1-20-13(17-9-18-20)8-12(19-15)11-6-2-4-10-5-3-7-16-14(10)11/h2-7,9,12,19H,8,15H2,1H3. The van der Waals surface area contributed by atoms with Crippen molar-refractivity contribution >= 4 is 10.9 Å². The summed E-state index contributed by atoms with van der Waals surface area (Å²) in [5.41, 5.74) is 4.88. The summed E-state index contributed by atoms with van der Waals surface area (Å²) in [5, 5.41) is 5.18. The zero-order valence-electron chi connectivity index (χ0n) is 11.2. The molecule has 0 amide bonds. The molecule has 0 fully saturated rings. The van der Waals surface area contributed by atoms with Gasteiger partial charge in [0.15, 0.2) is 0 Å². The summed E-state index contributed by atoms with van der Waals surface area (Å²) in [5.74, 6) is 6.60. The number of benzene rings is 1. The average molecular weight is 268 g/mol. The lowest BCUT2D eigenvalue weighted by Gasteiger charge is -2.17. The maximum absolute atomic E-state index is 5.73. The van der Waals surface area contributed by atoms with Crippen LogP contribution in [0.25, 0.3) is 10.9 Å². The second-order valence-corrected chi connectivity index (χ2v) is 4.65. The van der Waals surface area contributed by atoms with Gasteiger partial charge in [0, 0.05) is 25.1 Å². The van der Waals surface area contributed by atoms with Crippen LogP contribution in [-0.4, -0.2) is 19.7 Å². The van der Waals surface area contributed by atoms with E-state index in [-0.39, 0.29) is 6.04 Å². The van der Waals surface area contributed by atoms with E-state index in [0.29, 0.717) is 6.42 Å². The molecule has 1 aromatic carbocycles. The minimum Gasteiger partial charge on any atom is -0.271 e. The predicted octanol–water partition coefficient (Wildman–Crippen LogP) is 1.11. The number of fused-ring (bicyclic) bond motifs is 1. The van der Waals surface area contributed by atoms with Crippen molar-refractivity contribution in [3.63, 3.8) is 0 Å². The fourth-order valence-electron chi connectivity index (χ4n) is 2.36. The van der Waals surface area contributed by atoms with Crippen molar-refractivity contribution in [3.8, 4) is 0 Å². The van der Waals surface area contributed by atoms with E-state index in [1.807, 2.05) is 37.4 Å². The Bertz CT molecular complexity index is 715. The third-order valence-corrected chi connectivity index (χ3v) is 3.43. The van der Waals surface area contributed by atoms with Gasteiger partial charge in [-0.15, -0.1) is 0 Å². The van der Waals surface area contributed by atoms with E-state index in [2.05, 4.69) is 20.5 Å². The number of rotatable bonds is 4. The largest absolute Gasteiger partial charge is 0.271 e. The first kappa shape index (κ1) is 12.7. The summed E-state index contributed by atoms with van der Waals surface area (Å²) in [6.45, 7) is 0. The molecule has 6 nitrogen and oxygen atoms in total. The van der Waals surface area contributed by atoms with Crippen LogP contribution in [0.2, 0.25) is 0 Å². The van der Waals surface area contributed by atoms with E-state index in [9.17, 15) is 0 Å². The fraction of sp³-hybridized carbons (Fsp3) is 0.214. The van der Waals surface area contributed by atoms with Gasteiger partial charge in [0.1, 0.15) is 12.2 Å². The Hall–Kier alpha value is -2.31. The molecule has 0 spiro atoms. The summed E-state index contributed by atoms with van der Waals surface area (Å²) in [7, 11) is 1.87. The van der Waals surface area contributed by atoms with Crippen LogP contribution in [0.1, 0.15) is 17.4 Å². The van der Waals surface area contributed by atoms with Crippen LogP contribution in [-0.2, 0) is 13.5 Å². The first-order chi connectivity index (χ1) is 9.79. The van der Waals surface area contributed by atoms with Gasteiger partial charge in [-0.25, -0.2) is 4.98 Å². The van der Waals surface area contributed by atoms with Gasteiger partial charge >= 0.3 is 0 Å². The van der Waals surface area contributed by atoms with Gasteiger partial charge in [-0.05, 0) is 11.6 Å². The van der Waals surface area contributed by atoms with Crippen molar-refractivity contribution in [2.75, 3.05) is 0 Å². The summed E-state index contributed by atoms with van der Waals surface area (Å²) in [6.07, 6.45) is 3.99. The molecule has 1 unspecified atom stereocenters. The normalized spacial score (nSPS) is 12.7. The molecule has 0 aliphatic rings. The third-order valence-electron chi connectivity index (χ3n) is 3.43. The topological polar surface area (TPSA) is 81.7 Å². The number of pyridine rings is 1. The highest BCUT2D eigenvalue weighted by Crippen LogP contribution is 2.24. The van der Waals surface area contributed by atoms with Gasteiger partial charge in [-0.3, -0.25) is 20.9 Å². The number of hydrogen-bond donors (Lipinski definition) is 2. The van der Waals surface area contributed by atoms with Crippen LogP contribution in [0.4, 0.5) is 0 Å².